The minimum atomic E-state index is 0.367. The van der Waals surface area contributed by atoms with Crippen LogP contribution in [0.2, 0.25) is 0 Å². The summed E-state index contributed by atoms with van der Waals surface area (Å²) in [4.78, 5) is 9.77. The Labute approximate surface area is 126 Å². The van der Waals surface area contributed by atoms with Gasteiger partial charge in [-0.1, -0.05) is 24.3 Å². The lowest BCUT2D eigenvalue weighted by molar-refractivity contribution is 0.770. The molecule has 4 N–H and O–H groups in total. The molecule has 2 heterocycles. The Morgan fingerprint density at radius 2 is 1.86 bits per heavy atom. The van der Waals surface area contributed by atoms with Crippen LogP contribution in [0.4, 0.5) is 11.8 Å². The van der Waals surface area contributed by atoms with Crippen molar-refractivity contribution < 1.29 is 0 Å². The summed E-state index contributed by atoms with van der Waals surface area (Å²) in [5.41, 5.74) is 5.37. The molecule has 0 amide bonds. The number of hydrazine groups is 1. The maximum atomic E-state index is 5.46. The number of fused-ring (bicyclic) bond motifs is 2. The van der Waals surface area contributed by atoms with E-state index in [-0.39, 0.29) is 0 Å². The van der Waals surface area contributed by atoms with E-state index in [0.717, 1.165) is 28.9 Å². The van der Waals surface area contributed by atoms with Gasteiger partial charge in [-0.05, 0) is 35.4 Å². The van der Waals surface area contributed by atoms with Crippen molar-refractivity contribution in [1.29, 1.82) is 0 Å². The number of benzene rings is 1. The van der Waals surface area contributed by atoms with Gasteiger partial charge in [0.25, 0.3) is 0 Å². The molecule has 1 aromatic carbocycles. The molecule has 0 atom stereocenters. The molecule has 0 saturated carbocycles. The van der Waals surface area contributed by atoms with Crippen LogP contribution in [-0.2, 0) is 12.8 Å². The van der Waals surface area contributed by atoms with Gasteiger partial charge in [0, 0.05) is 6.04 Å². The van der Waals surface area contributed by atoms with E-state index in [4.69, 9.17) is 5.84 Å². The first-order valence-corrected chi connectivity index (χ1v) is 7.76. The topological polar surface area (TPSA) is 75.9 Å². The van der Waals surface area contributed by atoms with Gasteiger partial charge in [-0.3, -0.25) is 5.43 Å². The Kier molecular flexibility index (Phi) is 2.98. The molecule has 1 aliphatic carbocycles. The van der Waals surface area contributed by atoms with Gasteiger partial charge in [-0.15, -0.1) is 11.3 Å². The molecule has 21 heavy (non-hydrogen) atoms. The van der Waals surface area contributed by atoms with Crippen LogP contribution in [0.25, 0.3) is 10.2 Å². The molecule has 1 aliphatic rings. The van der Waals surface area contributed by atoms with Gasteiger partial charge < -0.3 is 5.32 Å². The summed E-state index contributed by atoms with van der Waals surface area (Å²) in [5, 5.41) is 6.62. The van der Waals surface area contributed by atoms with Gasteiger partial charge in [0.05, 0.1) is 5.39 Å². The van der Waals surface area contributed by atoms with Gasteiger partial charge in [-0.2, -0.15) is 4.98 Å². The van der Waals surface area contributed by atoms with Crippen molar-refractivity contribution >= 4 is 33.3 Å². The van der Waals surface area contributed by atoms with Crippen molar-refractivity contribution in [2.75, 3.05) is 10.7 Å². The normalized spacial score (nSPS) is 14.3. The first-order chi connectivity index (χ1) is 10.3. The third kappa shape index (κ3) is 2.22. The average molecular weight is 297 g/mol. The molecule has 3 aromatic rings. The Balaban J connectivity index is 1.65. The summed E-state index contributed by atoms with van der Waals surface area (Å²) >= 11 is 1.59. The number of thiophene rings is 1. The van der Waals surface area contributed by atoms with Gasteiger partial charge >= 0.3 is 0 Å². The second-order valence-electron chi connectivity index (χ2n) is 5.20. The van der Waals surface area contributed by atoms with E-state index in [1.165, 1.54) is 11.1 Å². The molecule has 0 aliphatic heterocycles. The first-order valence-electron chi connectivity index (χ1n) is 6.88. The molecule has 5 nitrogen and oxygen atoms in total. The van der Waals surface area contributed by atoms with Crippen LogP contribution in [0.1, 0.15) is 11.1 Å². The van der Waals surface area contributed by atoms with E-state index in [2.05, 4.69) is 45.0 Å². The molecule has 106 valence electrons. The lowest BCUT2D eigenvalue weighted by Crippen LogP contribution is -2.21. The maximum Gasteiger partial charge on any atom is 0.240 e. The SMILES string of the molecule is NNc1nc(NC2Cc3ccccc3C2)c2ccsc2n1. The van der Waals surface area contributed by atoms with E-state index in [1.54, 1.807) is 11.3 Å². The fourth-order valence-corrected chi connectivity index (χ4v) is 3.65. The number of aromatic nitrogens is 2. The first kappa shape index (κ1) is 12.6. The Bertz CT molecular complexity index is 773. The fraction of sp³-hybridized carbons (Fsp3) is 0.200. The molecular weight excluding hydrogens is 282 g/mol. The fourth-order valence-electron chi connectivity index (χ4n) is 2.88. The van der Waals surface area contributed by atoms with Crippen LogP contribution < -0.4 is 16.6 Å². The Morgan fingerprint density at radius 3 is 2.57 bits per heavy atom. The molecule has 0 spiro atoms. The number of nitrogens with two attached hydrogens (primary N) is 1. The van der Waals surface area contributed by atoms with Crippen molar-refractivity contribution in [2.45, 2.75) is 18.9 Å². The summed E-state index contributed by atoms with van der Waals surface area (Å²) in [7, 11) is 0. The van der Waals surface area contributed by atoms with Gasteiger partial charge in [0.2, 0.25) is 5.95 Å². The third-order valence-corrected chi connectivity index (χ3v) is 4.65. The van der Waals surface area contributed by atoms with Crippen LogP contribution in [-0.4, -0.2) is 16.0 Å². The molecule has 2 aromatic heterocycles. The van der Waals surface area contributed by atoms with Gasteiger partial charge in [-0.25, -0.2) is 10.8 Å². The lowest BCUT2D eigenvalue weighted by Gasteiger charge is -2.14. The van der Waals surface area contributed by atoms with E-state index in [1.807, 2.05) is 11.4 Å². The number of anilines is 2. The largest absolute Gasteiger partial charge is 0.366 e. The Hall–Kier alpha value is -2.18. The number of hydrogen-bond donors (Lipinski definition) is 3. The lowest BCUT2D eigenvalue weighted by atomic mass is 10.1. The van der Waals surface area contributed by atoms with Crippen LogP contribution in [0.5, 0.6) is 0 Å². The third-order valence-electron chi connectivity index (χ3n) is 3.85. The summed E-state index contributed by atoms with van der Waals surface area (Å²) in [6, 6.07) is 11.0. The molecule has 0 saturated heterocycles. The zero-order chi connectivity index (χ0) is 14.2. The molecule has 0 radical (unpaired) electrons. The van der Waals surface area contributed by atoms with Gasteiger partial charge in [0.1, 0.15) is 10.6 Å². The minimum absolute atomic E-state index is 0.367. The van der Waals surface area contributed by atoms with Crippen molar-refractivity contribution in [3.05, 3.63) is 46.8 Å². The highest BCUT2D eigenvalue weighted by atomic mass is 32.1. The van der Waals surface area contributed by atoms with Crippen LogP contribution in [0, 0.1) is 0 Å². The highest BCUT2D eigenvalue weighted by Crippen LogP contribution is 2.29. The molecule has 0 fully saturated rings. The summed E-state index contributed by atoms with van der Waals surface area (Å²) in [6.07, 6.45) is 2.05. The van der Waals surface area contributed by atoms with Crippen LogP contribution in [0.3, 0.4) is 0 Å². The monoisotopic (exact) mass is 297 g/mol. The summed E-state index contributed by atoms with van der Waals surface area (Å²) in [5.74, 6) is 6.76. The molecule has 0 unspecified atom stereocenters. The highest BCUT2D eigenvalue weighted by Gasteiger charge is 2.22. The van der Waals surface area contributed by atoms with E-state index < -0.39 is 0 Å². The zero-order valence-electron chi connectivity index (χ0n) is 11.3. The number of hydrogen-bond acceptors (Lipinski definition) is 6. The number of nitrogens with zero attached hydrogens (tertiary/aromatic N) is 2. The van der Waals surface area contributed by atoms with E-state index in [0.29, 0.717) is 12.0 Å². The second kappa shape index (κ2) is 4.98. The molecule has 4 rings (SSSR count). The summed E-state index contributed by atoms with van der Waals surface area (Å²) in [6.45, 7) is 0. The predicted molar refractivity (Wildman–Crippen MR) is 86.5 cm³/mol. The molecular formula is C15H15N5S. The van der Waals surface area contributed by atoms with Crippen molar-refractivity contribution in [2.24, 2.45) is 5.84 Å². The van der Waals surface area contributed by atoms with E-state index in [9.17, 15) is 0 Å². The van der Waals surface area contributed by atoms with Crippen molar-refractivity contribution in [3.8, 4) is 0 Å². The minimum Gasteiger partial charge on any atom is -0.366 e. The zero-order valence-corrected chi connectivity index (χ0v) is 12.2. The second-order valence-corrected chi connectivity index (χ2v) is 6.09. The smallest absolute Gasteiger partial charge is 0.240 e. The molecule has 6 heteroatoms. The maximum absolute atomic E-state index is 5.46. The standard InChI is InChI=1S/C15H15N5S/c16-20-15-18-13(12-5-6-21-14(12)19-15)17-11-7-9-3-1-2-4-10(9)8-11/h1-6,11H,7-8,16H2,(H2,17,18,19,20). The molecule has 0 bridgehead atoms. The van der Waals surface area contributed by atoms with Gasteiger partial charge in [0.15, 0.2) is 0 Å². The number of nitrogen functional groups attached to an aromatic ring is 1. The van der Waals surface area contributed by atoms with Crippen molar-refractivity contribution in [3.63, 3.8) is 0 Å². The summed E-state index contributed by atoms with van der Waals surface area (Å²) < 4.78 is 0. The highest BCUT2D eigenvalue weighted by molar-refractivity contribution is 7.16. The van der Waals surface area contributed by atoms with Crippen LogP contribution >= 0.6 is 11.3 Å². The Morgan fingerprint density at radius 1 is 1.10 bits per heavy atom. The predicted octanol–water partition coefficient (Wildman–Crippen LogP) is 2.56. The van der Waals surface area contributed by atoms with E-state index >= 15 is 0 Å². The number of nitrogens with one attached hydrogen (secondary N) is 2. The number of rotatable bonds is 3. The van der Waals surface area contributed by atoms with Crippen molar-refractivity contribution in [1.82, 2.24) is 9.97 Å². The quantitative estimate of drug-likeness (QED) is 0.512. The average Bonchev–Trinajstić information content (AvgIpc) is 3.12. The van der Waals surface area contributed by atoms with Crippen LogP contribution in [0.15, 0.2) is 35.7 Å².